The molecule has 1 nitrogen and oxygen atoms in total. The molecule has 0 heterocycles. The summed E-state index contributed by atoms with van der Waals surface area (Å²) >= 11 is 0. The van der Waals surface area contributed by atoms with Crippen molar-refractivity contribution in [1.82, 2.24) is 0 Å². The number of rotatable bonds is 5. The van der Waals surface area contributed by atoms with Crippen molar-refractivity contribution in [3.8, 4) is 55.6 Å². The molecule has 0 saturated carbocycles. The molecular weight excluding hydrogens is 843 g/mol. The summed E-state index contributed by atoms with van der Waals surface area (Å²) in [6.45, 7) is 14.4. The summed E-state index contributed by atoms with van der Waals surface area (Å²) in [5.74, 6) is 0. The van der Waals surface area contributed by atoms with E-state index in [1.165, 1.54) is 138 Å². The summed E-state index contributed by atoms with van der Waals surface area (Å²) in [5, 5.41) is 7.71. The monoisotopic (exact) mass is 895 g/mol. The van der Waals surface area contributed by atoms with E-state index in [0.717, 1.165) is 0 Å². The predicted octanol–water partition coefficient (Wildman–Crippen LogP) is 18.9. The van der Waals surface area contributed by atoms with E-state index in [-0.39, 0.29) is 16.2 Å². The van der Waals surface area contributed by atoms with Crippen molar-refractivity contribution in [3.05, 3.63) is 246 Å². The molecule has 11 aromatic rings. The minimum absolute atomic E-state index is 0.122. The third-order valence-corrected chi connectivity index (χ3v) is 16.8. The molecule has 0 radical (unpaired) electrons. The van der Waals surface area contributed by atoms with Crippen LogP contribution in [0.1, 0.15) is 74.9 Å². The quantitative estimate of drug-likeness (QED) is 0.156. The van der Waals surface area contributed by atoms with Crippen LogP contribution in [0.3, 0.4) is 0 Å². The molecule has 3 aliphatic carbocycles. The van der Waals surface area contributed by atoms with Gasteiger partial charge in [0.1, 0.15) is 0 Å². The van der Waals surface area contributed by atoms with Crippen molar-refractivity contribution in [3.63, 3.8) is 0 Å². The van der Waals surface area contributed by atoms with Gasteiger partial charge in [-0.05, 0) is 176 Å². The highest BCUT2D eigenvalue weighted by Crippen LogP contribution is 2.56. The second-order valence-corrected chi connectivity index (χ2v) is 21.7. The van der Waals surface area contributed by atoms with Crippen LogP contribution >= 0.6 is 0 Å². The molecular formula is C69H53N. The van der Waals surface area contributed by atoms with Gasteiger partial charge in [0.2, 0.25) is 0 Å². The van der Waals surface area contributed by atoms with Crippen LogP contribution in [0, 0.1) is 0 Å². The summed E-state index contributed by atoms with van der Waals surface area (Å²) < 4.78 is 0. The van der Waals surface area contributed by atoms with Gasteiger partial charge in [-0.25, -0.2) is 0 Å². The second-order valence-electron chi connectivity index (χ2n) is 21.7. The molecule has 1 heteroatoms. The van der Waals surface area contributed by atoms with E-state index in [0.29, 0.717) is 0 Å². The van der Waals surface area contributed by atoms with Gasteiger partial charge in [0.15, 0.2) is 0 Å². The molecule has 0 fully saturated rings. The van der Waals surface area contributed by atoms with Gasteiger partial charge in [-0.1, -0.05) is 199 Å². The van der Waals surface area contributed by atoms with E-state index < -0.39 is 0 Å². The SMILES string of the molecule is CC1(C)c2ccccc2-c2ccc(N(c3ccc4c(c3)C(C)(C)c3ccccc3-4)c3ccc4c(c3)C(C)(C)c3cc(-c5cc6cc(-c7ccccc7)c7ccccc7c6c6ccccc56)ccc3-4)cc21. The van der Waals surface area contributed by atoms with Gasteiger partial charge in [-0.2, -0.15) is 0 Å². The molecule has 3 aliphatic rings. The smallest absolute Gasteiger partial charge is 0.0465 e. The second kappa shape index (κ2) is 14.5. The Morgan fingerprint density at radius 3 is 1.10 bits per heavy atom. The average molecular weight is 896 g/mol. The average Bonchev–Trinajstić information content (AvgIpc) is 3.87. The molecule has 0 bridgehead atoms. The standard InChI is InChI=1S/C69H53N/c1-67(2)60-26-16-14-22-50(60)53-33-29-45(39-63(53)67)70(46-30-34-54-51-23-15-17-27-61(51)68(3,4)64(54)40-46)47-31-35-55-52-32-28-43(38-62(52)69(5,6)65(55)41-47)59-37-44-36-58(42-18-8-7-9-19-42)48-20-10-12-24-56(48)66(44)57-25-13-11-21-49(57)59/h7-41H,1-6H3. The lowest BCUT2D eigenvalue weighted by Gasteiger charge is -2.31. The Morgan fingerprint density at radius 1 is 0.257 bits per heavy atom. The number of fused-ring (bicyclic) bond motifs is 14. The van der Waals surface area contributed by atoms with Crippen LogP contribution in [-0.4, -0.2) is 0 Å². The van der Waals surface area contributed by atoms with Gasteiger partial charge in [-0.3, -0.25) is 0 Å². The molecule has 0 aliphatic heterocycles. The minimum atomic E-state index is -0.255. The van der Waals surface area contributed by atoms with Gasteiger partial charge < -0.3 is 4.90 Å². The Hall–Kier alpha value is -8.00. The van der Waals surface area contributed by atoms with Crippen LogP contribution in [0.4, 0.5) is 17.1 Å². The van der Waals surface area contributed by atoms with Crippen LogP contribution in [0.5, 0.6) is 0 Å². The lowest BCUT2D eigenvalue weighted by molar-refractivity contribution is 0.659. The number of anilines is 3. The first kappa shape index (κ1) is 41.0. The number of nitrogens with zero attached hydrogens (tertiary/aromatic N) is 1. The molecule has 0 atom stereocenters. The van der Waals surface area contributed by atoms with Crippen LogP contribution in [0.2, 0.25) is 0 Å². The molecule has 0 N–H and O–H groups in total. The van der Waals surface area contributed by atoms with E-state index in [1.54, 1.807) is 0 Å². The van der Waals surface area contributed by atoms with Crippen molar-refractivity contribution in [2.24, 2.45) is 0 Å². The van der Waals surface area contributed by atoms with Crippen molar-refractivity contribution < 1.29 is 0 Å². The minimum Gasteiger partial charge on any atom is -0.310 e. The topological polar surface area (TPSA) is 3.24 Å². The Labute approximate surface area is 411 Å². The predicted molar refractivity (Wildman–Crippen MR) is 297 cm³/mol. The third kappa shape index (κ3) is 5.67. The number of hydrogen-bond acceptors (Lipinski definition) is 1. The fraction of sp³-hybridized carbons (Fsp3) is 0.130. The Bertz CT molecular complexity index is 3930. The lowest BCUT2D eigenvalue weighted by Crippen LogP contribution is -2.19. The fourth-order valence-electron chi connectivity index (χ4n) is 13.2. The first-order valence-corrected chi connectivity index (χ1v) is 25.0. The molecule has 70 heavy (non-hydrogen) atoms. The van der Waals surface area contributed by atoms with E-state index in [1.807, 2.05) is 0 Å². The maximum atomic E-state index is 2.53. The van der Waals surface area contributed by atoms with Gasteiger partial charge in [0, 0.05) is 33.3 Å². The van der Waals surface area contributed by atoms with Crippen LogP contribution < -0.4 is 4.90 Å². The van der Waals surface area contributed by atoms with Crippen molar-refractivity contribution in [2.45, 2.75) is 57.8 Å². The highest BCUT2D eigenvalue weighted by atomic mass is 15.1. The van der Waals surface area contributed by atoms with Crippen LogP contribution in [0.15, 0.2) is 212 Å². The summed E-state index contributed by atoms with van der Waals surface area (Å²) in [5.41, 5.74) is 24.3. The molecule has 11 aromatic carbocycles. The highest BCUT2D eigenvalue weighted by molar-refractivity contribution is 6.25. The van der Waals surface area contributed by atoms with Crippen LogP contribution in [-0.2, 0) is 16.2 Å². The maximum absolute atomic E-state index is 2.53. The zero-order valence-electron chi connectivity index (χ0n) is 40.7. The van der Waals surface area contributed by atoms with E-state index in [2.05, 4.69) is 259 Å². The van der Waals surface area contributed by atoms with Gasteiger partial charge in [0.05, 0.1) is 0 Å². The van der Waals surface area contributed by atoms with Gasteiger partial charge in [-0.15, -0.1) is 0 Å². The molecule has 0 unspecified atom stereocenters. The first-order chi connectivity index (χ1) is 34.0. The third-order valence-electron chi connectivity index (χ3n) is 16.8. The van der Waals surface area contributed by atoms with Crippen molar-refractivity contribution in [2.75, 3.05) is 4.90 Å². The molecule has 0 aromatic heterocycles. The zero-order chi connectivity index (χ0) is 47.3. The fourth-order valence-corrected chi connectivity index (χ4v) is 13.2. The highest BCUT2D eigenvalue weighted by Gasteiger charge is 2.40. The van der Waals surface area contributed by atoms with Crippen molar-refractivity contribution in [1.29, 1.82) is 0 Å². The molecule has 14 rings (SSSR count). The lowest BCUT2D eigenvalue weighted by atomic mass is 9.80. The van der Waals surface area contributed by atoms with Crippen molar-refractivity contribution >= 4 is 49.4 Å². The van der Waals surface area contributed by atoms with Gasteiger partial charge >= 0.3 is 0 Å². The summed E-state index contributed by atoms with van der Waals surface area (Å²) in [6, 6.07) is 80.5. The van der Waals surface area contributed by atoms with Gasteiger partial charge in [0.25, 0.3) is 0 Å². The largest absolute Gasteiger partial charge is 0.310 e. The molecule has 0 spiro atoms. The van der Waals surface area contributed by atoms with Crippen LogP contribution in [0.25, 0.3) is 88.0 Å². The normalized spacial score (nSPS) is 15.1. The summed E-state index contributed by atoms with van der Waals surface area (Å²) in [7, 11) is 0. The van der Waals surface area contributed by atoms with E-state index in [9.17, 15) is 0 Å². The molecule has 0 saturated heterocycles. The molecule has 334 valence electrons. The van der Waals surface area contributed by atoms with E-state index in [4.69, 9.17) is 0 Å². The first-order valence-electron chi connectivity index (χ1n) is 25.0. The van der Waals surface area contributed by atoms with E-state index >= 15 is 0 Å². The number of benzene rings is 11. The zero-order valence-corrected chi connectivity index (χ0v) is 40.7. The Kier molecular flexibility index (Phi) is 8.50. The Balaban J connectivity index is 0.919. The number of hydrogen-bond donors (Lipinski definition) is 0. The summed E-state index contributed by atoms with van der Waals surface area (Å²) in [6.07, 6.45) is 0. The molecule has 0 amide bonds. The summed E-state index contributed by atoms with van der Waals surface area (Å²) in [4.78, 5) is 2.53. The Morgan fingerprint density at radius 2 is 0.614 bits per heavy atom. The maximum Gasteiger partial charge on any atom is 0.0465 e.